The molecule has 0 bridgehead atoms. The lowest BCUT2D eigenvalue weighted by molar-refractivity contribution is 0.465. The number of hydrogen-bond acceptors (Lipinski definition) is 4. The van der Waals surface area contributed by atoms with Gasteiger partial charge in [-0.3, -0.25) is 0 Å². The summed E-state index contributed by atoms with van der Waals surface area (Å²) in [6, 6.07) is 40.6. The van der Waals surface area contributed by atoms with Gasteiger partial charge in [0, 0.05) is 44.1 Å². The van der Waals surface area contributed by atoms with E-state index in [4.69, 9.17) is 18.3 Å². The molecular formula is C42H19B2NO4. The molecule has 10 aromatic rings. The summed E-state index contributed by atoms with van der Waals surface area (Å²) in [5.41, 5.74) is 14.4. The van der Waals surface area contributed by atoms with Gasteiger partial charge in [-0.1, -0.05) is 72.8 Å². The minimum atomic E-state index is -0.0480. The van der Waals surface area contributed by atoms with Gasteiger partial charge in [-0.2, -0.15) is 0 Å². The summed E-state index contributed by atoms with van der Waals surface area (Å²) >= 11 is 0. The van der Waals surface area contributed by atoms with E-state index in [1.807, 2.05) is 0 Å². The van der Waals surface area contributed by atoms with Crippen LogP contribution in [-0.2, 0) is 0 Å². The molecule has 0 saturated carbocycles. The van der Waals surface area contributed by atoms with Crippen LogP contribution in [0.2, 0.25) is 0 Å². The molecule has 7 heterocycles. The zero-order valence-corrected chi connectivity index (χ0v) is 25.7. The second-order valence-corrected chi connectivity index (χ2v) is 13.9. The van der Waals surface area contributed by atoms with Crippen molar-refractivity contribution in [2.75, 3.05) is 0 Å². The molecule has 5 nitrogen and oxygen atoms in total. The molecule has 0 saturated heterocycles. The van der Waals surface area contributed by atoms with Crippen molar-refractivity contribution < 1.29 is 18.3 Å². The van der Waals surface area contributed by atoms with Gasteiger partial charge in [0.25, 0.3) is 13.4 Å². The Morgan fingerprint density at radius 2 is 0.878 bits per heavy atom. The van der Waals surface area contributed by atoms with Crippen molar-refractivity contribution >= 4 is 112 Å². The monoisotopic (exact) mass is 623 g/mol. The molecule has 0 spiro atoms. The minimum absolute atomic E-state index is 0.0480. The Hall–Kier alpha value is -6.33. The maximum Gasteiger partial charge on any atom is 0.256 e. The first kappa shape index (κ1) is 23.9. The molecule has 3 aromatic heterocycles. The predicted octanol–water partition coefficient (Wildman–Crippen LogP) is 6.45. The van der Waals surface area contributed by atoms with E-state index in [2.05, 4.69) is 120 Å². The van der Waals surface area contributed by atoms with Crippen LogP contribution in [0.3, 0.4) is 0 Å². The average molecular weight is 623 g/mol. The van der Waals surface area contributed by atoms with Gasteiger partial charge < -0.3 is 22.9 Å². The van der Waals surface area contributed by atoms with Crippen molar-refractivity contribution in [3.8, 4) is 28.7 Å². The van der Waals surface area contributed by atoms with Crippen LogP contribution < -0.4 is 42.3 Å². The smallest absolute Gasteiger partial charge is 0.256 e. The summed E-state index contributed by atoms with van der Waals surface area (Å²) in [5, 5.41) is 6.97. The summed E-state index contributed by atoms with van der Waals surface area (Å²) in [6.45, 7) is -0.0961. The summed E-state index contributed by atoms with van der Waals surface area (Å²) in [7, 11) is 0. The van der Waals surface area contributed by atoms with Gasteiger partial charge in [0.2, 0.25) is 0 Å². The fourth-order valence-electron chi connectivity index (χ4n) is 9.98. The van der Waals surface area contributed by atoms with E-state index in [1.54, 1.807) is 0 Å². The minimum Gasteiger partial charge on any atom is -0.458 e. The van der Waals surface area contributed by atoms with E-state index in [0.717, 1.165) is 77.8 Å². The SMILES string of the molecule is c1ccc2c(c1)Oc1cc3c4c5c1B2c1cc2oc6ccccc6c2c2c6c7c(cc(c6n-5c12)B4c1ccccc1O3)oc1ccccc17. The topological polar surface area (TPSA) is 49.7 Å². The van der Waals surface area contributed by atoms with Gasteiger partial charge in [-0.05, 0) is 69.2 Å². The van der Waals surface area contributed by atoms with Crippen molar-refractivity contribution in [1.82, 2.24) is 4.57 Å². The Morgan fingerprint density at radius 3 is 1.41 bits per heavy atom. The van der Waals surface area contributed by atoms with Crippen LogP contribution in [0.5, 0.6) is 23.0 Å². The maximum absolute atomic E-state index is 6.81. The summed E-state index contributed by atoms with van der Waals surface area (Å²) in [6.07, 6.45) is 0. The first-order chi connectivity index (χ1) is 24.3. The third kappa shape index (κ3) is 2.51. The number of nitrogens with zero attached hydrogens (tertiary/aromatic N) is 1. The lowest BCUT2D eigenvalue weighted by Gasteiger charge is -2.40. The van der Waals surface area contributed by atoms with Crippen molar-refractivity contribution in [2.45, 2.75) is 0 Å². The van der Waals surface area contributed by atoms with Crippen LogP contribution in [-0.4, -0.2) is 18.0 Å². The Kier molecular flexibility index (Phi) is 3.75. The molecule has 7 heteroatoms. The van der Waals surface area contributed by atoms with Crippen LogP contribution in [0.1, 0.15) is 0 Å². The van der Waals surface area contributed by atoms with Gasteiger partial charge in [0.05, 0.1) is 11.0 Å². The van der Waals surface area contributed by atoms with E-state index >= 15 is 0 Å². The quantitative estimate of drug-likeness (QED) is 0.182. The second-order valence-electron chi connectivity index (χ2n) is 13.9. The van der Waals surface area contributed by atoms with Crippen molar-refractivity contribution in [2.24, 2.45) is 0 Å². The van der Waals surface area contributed by atoms with Gasteiger partial charge in [0.1, 0.15) is 45.3 Å². The van der Waals surface area contributed by atoms with Crippen LogP contribution in [0.15, 0.2) is 124 Å². The van der Waals surface area contributed by atoms with Gasteiger partial charge >= 0.3 is 0 Å². The number of rotatable bonds is 0. The molecule has 14 rings (SSSR count). The number of aromatic nitrogens is 1. The molecule has 0 radical (unpaired) electrons. The Labute approximate surface area is 278 Å². The van der Waals surface area contributed by atoms with Crippen LogP contribution >= 0.6 is 0 Å². The zero-order chi connectivity index (χ0) is 31.3. The molecule has 0 fully saturated rings. The highest BCUT2D eigenvalue weighted by molar-refractivity contribution is 7.03. The first-order valence-electron chi connectivity index (χ1n) is 16.8. The predicted molar refractivity (Wildman–Crippen MR) is 198 cm³/mol. The Balaban J connectivity index is 1.35. The highest BCUT2D eigenvalue weighted by Gasteiger charge is 2.49. The maximum atomic E-state index is 6.81. The molecule has 222 valence electrons. The highest BCUT2D eigenvalue weighted by atomic mass is 16.5. The number of hydrogen-bond donors (Lipinski definition) is 0. The molecular weight excluding hydrogens is 604 g/mol. The first-order valence-corrected chi connectivity index (χ1v) is 16.8. The molecule has 7 aromatic carbocycles. The number of fused-ring (bicyclic) bond motifs is 15. The van der Waals surface area contributed by atoms with Crippen molar-refractivity contribution in [3.05, 3.63) is 115 Å². The molecule has 4 aliphatic rings. The highest BCUT2D eigenvalue weighted by Crippen LogP contribution is 2.49. The largest absolute Gasteiger partial charge is 0.458 e. The zero-order valence-electron chi connectivity index (χ0n) is 25.7. The van der Waals surface area contributed by atoms with E-state index < -0.39 is 0 Å². The normalized spacial score (nSPS) is 14.4. The standard InChI is InChI=1S/C42H19B2NO4/c1-5-13-26-20(9-1)34-30(46-26)17-24-40-36(34)37-35-21-10-2-6-14-27(21)47-31(35)18-25-41(37)45(40)42-38-32(48-28-15-7-3-11-22(28)43(24)38)19-33-39(42)44(25)23-12-4-8-16-29(23)49-33/h1-19H. The molecule has 0 atom stereocenters. The second kappa shape index (κ2) is 7.69. The van der Waals surface area contributed by atoms with E-state index in [0.29, 0.717) is 0 Å². The Morgan fingerprint density at radius 1 is 0.408 bits per heavy atom. The fourth-order valence-corrected chi connectivity index (χ4v) is 9.98. The number of ether oxygens (including phenoxy) is 2. The third-order valence-corrected chi connectivity index (χ3v) is 11.7. The van der Waals surface area contributed by atoms with Crippen LogP contribution in [0.4, 0.5) is 0 Å². The van der Waals surface area contributed by atoms with E-state index in [-0.39, 0.29) is 13.4 Å². The molecule has 0 unspecified atom stereocenters. The fraction of sp³-hybridized carbons (Fsp3) is 0. The Bertz CT molecular complexity index is 3050. The molecule has 0 aliphatic carbocycles. The molecule has 0 N–H and O–H groups in total. The number of furan rings is 2. The van der Waals surface area contributed by atoms with Gasteiger partial charge in [-0.25, -0.2) is 0 Å². The molecule has 0 amide bonds. The number of benzene rings is 7. The third-order valence-electron chi connectivity index (χ3n) is 11.7. The molecule has 4 aliphatic heterocycles. The average Bonchev–Trinajstić information content (AvgIpc) is 3.81. The van der Waals surface area contributed by atoms with Gasteiger partial charge in [-0.15, -0.1) is 0 Å². The number of para-hydroxylation sites is 4. The molecule has 49 heavy (non-hydrogen) atoms. The van der Waals surface area contributed by atoms with Crippen molar-refractivity contribution in [3.63, 3.8) is 0 Å². The van der Waals surface area contributed by atoms with E-state index in [1.165, 1.54) is 49.3 Å². The summed E-state index contributed by atoms with van der Waals surface area (Å²) < 4.78 is 29.7. The lowest BCUT2D eigenvalue weighted by Crippen LogP contribution is -2.65. The van der Waals surface area contributed by atoms with Crippen LogP contribution in [0.25, 0.3) is 71.4 Å². The summed E-state index contributed by atoms with van der Waals surface area (Å²) in [5.74, 6) is 3.45. The summed E-state index contributed by atoms with van der Waals surface area (Å²) in [4.78, 5) is 0. The van der Waals surface area contributed by atoms with Gasteiger partial charge in [0.15, 0.2) is 0 Å². The van der Waals surface area contributed by atoms with E-state index in [9.17, 15) is 0 Å². The van der Waals surface area contributed by atoms with Crippen molar-refractivity contribution in [1.29, 1.82) is 0 Å². The van der Waals surface area contributed by atoms with Crippen LogP contribution in [0, 0.1) is 0 Å². The lowest BCUT2D eigenvalue weighted by atomic mass is 9.30.